The van der Waals surface area contributed by atoms with Crippen molar-refractivity contribution in [3.8, 4) is 0 Å². The van der Waals surface area contributed by atoms with Gasteiger partial charge in [0.2, 0.25) is 0 Å². The highest BCUT2D eigenvalue weighted by Crippen LogP contribution is 2.20. The SMILES string of the molecule is CCC(C)N(C)CCNC(=O)c1cccc(F)c1Br. The summed E-state index contributed by atoms with van der Waals surface area (Å²) in [7, 11) is 2.03. The monoisotopic (exact) mass is 330 g/mol. The van der Waals surface area contributed by atoms with Crippen molar-refractivity contribution in [2.45, 2.75) is 26.3 Å². The standard InChI is InChI=1S/C14H20BrFN2O/c1-4-10(2)18(3)9-8-17-14(19)11-6-5-7-12(16)13(11)15/h5-7,10H,4,8-9H2,1-3H3,(H,17,19). The van der Waals surface area contributed by atoms with Crippen LogP contribution in [0, 0.1) is 5.82 Å². The van der Waals surface area contributed by atoms with Crippen LogP contribution in [0.15, 0.2) is 22.7 Å². The molecule has 0 aliphatic heterocycles. The molecule has 1 aromatic carbocycles. The molecule has 3 nitrogen and oxygen atoms in total. The summed E-state index contributed by atoms with van der Waals surface area (Å²) in [5, 5.41) is 2.80. The lowest BCUT2D eigenvalue weighted by Crippen LogP contribution is -2.37. The molecule has 1 amide bonds. The molecule has 0 spiro atoms. The van der Waals surface area contributed by atoms with Gasteiger partial charge in [0.15, 0.2) is 0 Å². The van der Waals surface area contributed by atoms with E-state index >= 15 is 0 Å². The molecule has 5 heteroatoms. The maximum absolute atomic E-state index is 13.3. The Morgan fingerprint density at radius 3 is 2.84 bits per heavy atom. The van der Waals surface area contributed by atoms with E-state index in [9.17, 15) is 9.18 Å². The number of nitrogens with one attached hydrogen (secondary N) is 1. The smallest absolute Gasteiger partial charge is 0.252 e. The normalized spacial score (nSPS) is 12.5. The molecule has 0 aromatic heterocycles. The zero-order valence-corrected chi connectivity index (χ0v) is 13.1. The van der Waals surface area contributed by atoms with Gasteiger partial charge in [0, 0.05) is 19.1 Å². The first kappa shape index (κ1) is 16.1. The second kappa shape index (κ2) is 7.60. The van der Waals surface area contributed by atoms with Crippen molar-refractivity contribution in [1.29, 1.82) is 0 Å². The lowest BCUT2D eigenvalue weighted by atomic mass is 10.2. The Kier molecular flexibility index (Phi) is 6.45. The number of hydrogen-bond donors (Lipinski definition) is 1. The van der Waals surface area contributed by atoms with Gasteiger partial charge in [-0.1, -0.05) is 13.0 Å². The van der Waals surface area contributed by atoms with Crippen LogP contribution in [0.5, 0.6) is 0 Å². The van der Waals surface area contributed by atoms with E-state index in [4.69, 9.17) is 0 Å². The molecule has 0 heterocycles. The largest absolute Gasteiger partial charge is 0.351 e. The predicted octanol–water partition coefficient (Wildman–Crippen LogP) is 3.05. The summed E-state index contributed by atoms with van der Waals surface area (Å²) in [6, 6.07) is 4.93. The van der Waals surface area contributed by atoms with E-state index in [-0.39, 0.29) is 10.4 Å². The van der Waals surface area contributed by atoms with Gasteiger partial charge >= 0.3 is 0 Å². The van der Waals surface area contributed by atoms with Crippen LogP contribution in [0.25, 0.3) is 0 Å². The van der Waals surface area contributed by atoms with E-state index in [0.717, 1.165) is 13.0 Å². The number of carbonyl (C=O) groups excluding carboxylic acids is 1. The molecule has 1 atom stereocenters. The summed E-state index contributed by atoms with van der Waals surface area (Å²) in [4.78, 5) is 14.1. The fourth-order valence-corrected chi connectivity index (χ4v) is 2.10. The minimum atomic E-state index is -0.427. The van der Waals surface area contributed by atoms with Gasteiger partial charge in [0.05, 0.1) is 10.0 Å². The average Bonchev–Trinajstić information content (AvgIpc) is 2.40. The van der Waals surface area contributed by atoms with Gasteiger partial charge in [-0.3, -0.25) is 4.79 Å². The first-order valence-corrected chi connectivity index (χ1v) is 7.19. The van der Waals surface area contributed by atoms with Crippen LogP contribution in [-0.2, 0) is 0 Å². The number of nitrogens with zero attached hydrogens (tertiary/aromatic N) is 1. The van der Waals surface area contributed by atoms with E-state index in [1.165, 1.54) is 12.1 Å². The Balaban J connectivity index is 2.50. The number of rotatable bonds is 6. The average molecular weight is 331 g/mol. The topological polar surface area (TPSA) is 32.3 Å². The second-order valence-corrected chi connectivity index (χ2v) is 5.39. The maximum atomic E-state index is 13.3. The third-order valence-corrected chi connectivity index (χ3v) is 4.10. The van der Waals surface area contributed by atoms with Crippen LogP contribution in [-0.4, -0.2) is 37.0 Å². The summed E-state index contributed by atoms with van der Waals surface area (Å²) in [6.45, 7) is 5.59. The highest BCUT2D eigenvalue weighted by molar-refractivity contribution is 9.10. The number of hydrogen-bond acceptors (Lipinski definition) is 2. The van der Waals surface area contributed by atoms with Crippen LogP contribution >= 0.6 is 15.9 Å². The van der Waals surface area contributed by atoms with Crippen molar-refractivity contribution >= 4 is 21.8 Å². The molecule has 0 fully saturated rings. The van der Waals surface area contributed by atoms with Crippen molar-refractivity contribution in [2.75, 3.05) is 20.1 Å². The number of amides is 1. The van der Waals surface area contributed by atoms with E-state index < -0.39 is 5.82 Å². The molecular formula is C14H20BrFN2O. The molecule has 106 valence electrons. The quantitative estimate of drug-likeness (QED) is 0.869. The molecule has 1 N–H and O–H groups in total. The van der Waals surface area contributed by atoms with Crippen molar-refractivity contribution < 1.29 is 9.18 Å². The van der Waals surface area contributed by atoms with Gasteiger partial charge in [-0.2, -0.15) is 0 Å². The molecule has 19 heavy (non-hydrogen) atoms. The molecule has 0 aliphatic rings. The van der Waals surface area contributed by atoms with Crippen molar-refractivity contribution in [1.82, 2.24) is 10.2 Å². The first-order valence-electron chi connectivity index (χ1n) is 6.39. The Morgan fingerprint density at radius 2 is 2.21 bits per heavy atom. The summed E-state index contributed by atoms with van der Waals surface area (Å²) >= 11 is 3.09. The minimum Gasteiger partial charge on any atom is -0.351 e. The Labute approximate surface area is 122 Å². The van der Waals surface area contributed by atoms with Gasteiger partial charge in [-0.25, -0.2) is 4.39 Å². The molecule has 1 rings (SSSR count). The van der Waals surface area contributed by atoms with Gasteiger partial charge in [-0.15, -0.1) is 0 Å². The van der Waals surface area contributed by atoms with E-state index in [0.29, 0.717) is 18.2 Å². The summed E-state index contributed by atoms with van der Waals surface area (Å²) in [5.41, 5.74) is 0.325. The highest BCUT2D eigenvalue weighted by Gasteiger charge is 2.13. The molecule has 0 aliphatic carbocycles. The fraction of sp³-hybridized carbons (Fsp3) is 0.500. The van der Waals surface area contributed by atoms with Crippen molar-refractivity contribution in [3.05, 3.63) is 34.1 Å². The molecular weight excluding hydrogens is 311 g/mol. The van der Waals surface area contributed by atoms with Crippen molar-refractivity contribution in [3.63, 3.8) is 0 Å². The zero-order valence-electron chi connectivity index (χ0n) is 11.5. The third-order valence-electron chi connectivity index (χ3n) is 3.29. The van der Waals surface area contributed by atoms with Crippen LogP contribution in [0.2, 0.25) is 0 Å². The van der Waals surface area contributed by atoms with Gasteiger partial charge in [0.1, 0.15) is 5.82 Å². The molecule has 1 aromatic rings. The maximum Gasteiger partial charge on any atom is 0.252 e. The first-order chi connectivity index (χ1) is 8.97. The molecule has 0 saturated carbocycles. The second-order valence-electron chi connectivity index (χ2n) is 4.60. The Hall–Kier alpha value is -0.940. The van der Waals surface area contributed by atoms with E-state index in [1.807, 2.05) is 7.05 Å². The highest BCUT2D eigenvalue weighted by atomic mass is 79.9. The van der Waals surface area contributed by atoms with E-state index in [1.54, 1.807) is 6.07 Å². The number of benzene rings is 1. The van der Waals surface area contributed by atoms with Crippen LogP contribution in [0.4, 0.5) is 4.39 Å². The number of likely N-dealkylation sites (N-methyl/N-ethyl adjacent to an activating group) is 1. The van der Waals surface area contributed by atoms with Gasteiger partial charge < -0.3 is 10.2 Å². The number of carbonyl (C=O) groups is 1. The van der Waals surface area contributed by atoms with Gasteiger partial charge in [0.25, 0.3) is 5.91 Å². The summed E-state index contributed by atoms with van der Waals surface area (Å²) in [6.07, 6.45) is 1.07. The van der Waals surface area contributed by atoms with Crippen molar-refractivity contribution in [2.24, 2.45) is 0 Å². The summed E-state index contributed by atoms with van der Waals surface area (Å²) < 4.78 is 13.5. The predicted molar refractivity (Wildman–Crippen MR) is 78.8 cm³/mol. The Bertz CT molecular complexity index is 439. The van der Waals surface area contributed by atoms with Crippen LogP contribution in [0.1, 0.15) is 30.6 Å². The molecule has 1 unspecified atom stereocenters. The summed E-state index contributed by atoms with van der Waals surface area (Å²) in [5.74, 6) is -0.687. The van der Waals surface area contributed by atoms with Crippen LogP contribution in [0.3, 0.4) is 0 Å². The van der Waals surface area contributed by atoms with E-state index in [2.05, 4.69) is 40.0 Å². The molecule has 0 radical (unpaired) electrons. The van der Waals surface area contributed by atoms with Gasteiger partial charge in [-0.05, 0) is 48.5 Å². The molecule has 0 bridgehead atoms. The number of halogens is 2. The Morgan fingerprint density at radius 1 is 1.53 bits per heavy atom. The zero-order chi connectivity index (χ0) is 14.4. The fourth-order valence-electron chi connectivity index (χ4n) is 1.65. The lowest BCUT2D eigenvalue weighted by Gasteiger charge is -2.23. The van der Waals surface area contributed by atoms with Crippen LogP contribution < -0.4 is 5.32 Å². The third kappa shape index (κ3) is 4.58. The lowest BCUT2D eigenvalue weighted by molar-refractivity contribution is 0.0946. The minimum absolute atomic E-state index is 0.211. The molecule has 0 saturated heterocycles.